The lowest BCUT2D eigenvalue weighted by Gasteiger charge is -2.07. The number of hydrogen-bond acceptors (Lipinski definition) is 4. The molecule has 0 saturated carbocycles. The first-order chi connectivity index (χ1) is 8.58. The van der Waals surface area contributed by atoms with Gasteiger partial charge >= 0.3 is 0 Å². The van der Waals surface area contributed by atoms with Crippen molar-refractivity contribution >= 4 is 11.6 Å². The Kier molecular flexibility index (Phi) is 3.14. The Morgan fingerprint density at radius 1 is 1.22 bits per heavy atom. The summed E-state index contributed by atoms with van der Waals surface area (Å²) in [5, 5.41) is 21.5. The van der Waals surface area contributed by atoms with Crippen LogP contribution in [0.4, 0.5) is 5.69 Å². The normalized spacial score (nSPS) is 10.1. The number of benzene rings is 1. The van der Waals surface area contributed by atoms with Gasteiger partial charge in [0.15, 0.2) is 11.5 Å². The number of anilines is 1. The van der Waals surface area contributed by atoms with Gasteiger partial charge in [-0.1, -0.05) is 6.07 Å². The fourth-order valence-electron chi connectivity index (χ4n) is 1.45. The van der Waals surface area contributed by atoms with Crippen LogP contribution in [0.3, 0.4) is 0 Å². The maximum Gasteiger partial charge on any atom is 0.259 e. The molecule has 1 heterocycles. The van der Waals surface area contributed by atoms with Crippen molar-refractivity contribution in [3.8, 4) is 11.5 Å². The molecule has 0 aliphatic heterocycles. The number of carbonyl (C=O) groups is 1. The van der Waals surface area contributed by atoms with Crippen LogP contribution >= 0.6 is 0 Å². The van der Waals surface area contributed by atoms with E-state index in [2.05, 4.69) is 10.3 Å². The lowest BCUT2D eigenvalue weighted by atomic mass is 10.1. The molecule has 0 unspecified atom stereocenters. The smallest absolute Gasteiger partial charge is 0.259 e. The lowest BCUT2D eigenvalue weighted by molar-refractivity contribution is 0.102. The first-order valence-corrected chi connectivity index (χ1v) is 5.33. The van der Waals surface area contributed by atoms with E-state index < -0.39 is 11.7 Å². The summed E-state index contributed by atoms with van der Waals surface area (Å²) >= 11 is 0. The van der Waals surface area contributed by atoms with Gasteiger partial charge in [-0.05, 0) is 31.2 Å². The number of amides is 1. The Hall–Kier alpha value is -2.56. The van der Waals surface area contributed by atoms with Crippen LogP contribution < -0.4 is 5.32 Å². The van der Waals surface area contributed by atoms with Crippen molar-refractivity contribution in [2.45, 2.75) is 6.92 Å². The van der Waals surface area contributed by atoms with Crippen molar-refractivity contribution < 1.29 is 15.0 Å². The summed E-state index contributed by atoms with van der Waals surface area (Å²) in [6, 6.07) is 7.68. The maximum atomic E-state index is 11.9. The number of nitrogens with zero attached hydrogens (tertiary/aromatic N) is 1. The van der Waals surface area contributed by atoms with E-state index in [1.807, 2.05) is 6.92 Å². The highest BCUT2D eigenvalue weighted by atomic mass is 16.3. The highest BCUT2D eigenvalue weighted by Gasteiger charge is 2.13. The molecule has 2 aromatic rings. The fourth-order valence-corrected chi connectivity index (χ4v) is 1.45. The third kappa shape index (κ3) is 2.40. The molecule has 5 heteroatoms. The number of phenols is 2. The SMILES string of the molecule is Cc1ccc(NC(=O)c2cccc(O)c2O)cn1. The molecule has 1 aromatic heterocycles. The van der Waals surface area contributed by atoms with Crippen molar-refractivity contribution in [1.82, 2.24) is 4.98 Å². The van der Waals surface area contributed by atoms with Crippen molar-refractivity contribution in [2.24, 2.45) is 0 Å². The number of phenolic OH excluding ortho intramolecular Hbond substituents is 2. The molecule has 0 saturated heterocycles. The van der Waals surface area contributed by atoms with Gasteiger partial charge in [0.25, 0.3) is 5.91 Å². The molecule has 92 valence electrons. The van der Waals surface area contributed by atoms with E-state index in [4.69, 9.17) is 0 Å². The first-order valence-electron chi connectivity index (χ1n) is 5.33. The van der Waals surface area contributed by atoms with E-state index in [9.17, 15) is 15.0 Å². The predicted octanol–water partition coefficient (Wildman–Crippen LogP) is 2.05. The van der Waals surface area contributed by atoms with E-state index in [0.717, 1.165) is 5.69 Å². The van der Waals surface area contributed by atoms with Crippen LogP contribution in [0.25, 0.3) is 0 Å². The predicted molar refractivity (Wildman–Crippen MR) is 66.7 cm³/mol. The topological polar surface area (TPSA) is 82.5 Å². The molecule has 0 fully saturated rings. The van der Waals surface area contributed by atoms with Crippen molar-refractivity contribution in [2.75, 3.05) is 5.32 Å². The van der Waals surface area contributed by atoms with Crippen LogP contribution in [0.1, 0.15) is 16.1 Å². The molecule has 3 N–H and O–H groups in total. The molecule has 2 rings (SSSR count). The minimum atomic E-state index is -0.506. The number of carbonyl (C=O) groups excluding carboxylic acids is 1. The zero-order valence-electron chi connectivity index (χ0n) is 9.71. The summed E-state index contributed by atoms with van der Waals surface area (Å²) in [4.78, 5) is 15.9. The van der Waals surface area contributed by atoms with E-state index in [1.165, 1.54) is 24.4 Å². The van der Waals surface area contributed by atoms with Crippen LogP contribution in [-0.2, 0) is 0 Å². The highest BCUT2D eigenvalue weighted by molar-refractivity contribution is 6.06. The van der Waals surface area contributed by atoms with Gasteiger partial charge in [0.05, 0.1) is 17.4 Å². The number of aryl methyl sites for hydroxylation is 1. The minimum absolute atomic E-state index is 0.00979. The summed E-state index contributed by atoms with van der Waals surface area (Å²) in [5.41, 5.74) is 1.37. The summed E-state index contributed by atoms with van der Waals surface area (Å²) in [7, 11) is 0. The molecule has 0 aliphatic carbocycles. The van der Waals surface area contributed by atoms with Gasteiger partial charge in [-0.2, -0.15) is 0 Å². The number of aromatic hydroxyl groups is 2. The van der Waals surface area contributed by atoms with Gasteiger partial charge in [0.1, 0.15) is 0 Å². The third-order valence-electron chi connectivity index (χ3n) is 2.43. The molecular weight excluding hydrogens is 232 g/mol. The number of aromatic nitrogens is 1. The number of rotatable bonds is 2. The van der Waals surface area contributed by atoms with Gasteiger partial charge in [-0.15, -0.1) is 0 Å². The lowest BCUT2D eigenvalue weighted by Crippen LogP contribution is -2.12. The monoisotopic (exact) mass is 244 g/mol. The quantitative estimate of drug-likeness (QED) is 0.706. The average molecular weight is 244 g/mol. The standard InChI is InChI=1S/C13H12N2O3/c1-8-5-6-9(7-14-8)15-13(18)10-3-2-4-11(16)12(10)17/h2-7,16-17H,1H3,(H,15,18). The van der Waals surface area contributed by atoms with Crippen LogP contribution in [0.15, 0.2) is 36.5 Å². The van der Waals surface area contributed by atoms with Crippen molar-refractivity contribution in [3.05, 3.63) is 47.8 Å². The van der Waals surface area contributed by atoms with E-state index in [1.54, 1.807) is 12.1 Å². The van der Waals surface area contributed by atoms with E-state index in [-0.39, 0.29) is 11.3 Å². The van der Waals surface area contributed by atoms with E-state index in [0.29, 0.717) is 5.69 Å². The zero-order valence-corrected chi connectivity index (χ0v) is 9.71. The highest BCUT2D eigenvalue weighted by Crippen LogP contribution is 2.28. The van der Waals surface area contributed by atoms with Gasteiger partial charge < -0.3 is 15.5 Å². The van der Waals surface area contributed by atoms with Crippen LogP contribution in [0.2, 0.25) is 0 Å². The van der Waals surface area contributed by atoms with Crippen LogP contribution in [-0.4, -0.2) is 21.1 Å². The summed E-state index contributed by atoms with van der Waals surface area (Å²) < 4.78 is 0. The van der Waals surface area contributed by atoms with Gasteiger partial charge in [-0.3, -0.25) is 9.78 Å². The van der Waals surface area contributed by atoms with Gasteiger partial charge in [0, 0.05) is 5.69 Å². The molecule has 18 heavy (non-hydrogen) atoms. The molecule has 5 nitrogen and oxygen atoms in total. The minimum Gasteiger partial charge on any atom is -0.504 e. The Bertz CT molecular complexity index is 579. The number of pyridine rings is 1. The third-order valence-corrected chi connectivity index (χ3v) is 2.43. The van der Waals surface area contributed by atoms with Crippen molar-refractivity contribution in [3.63, 3.8) is 0 Å². The molecular formula is C13H12N2O3. The molecule has 0 atom stereocenters. The summed E-state index contributed by atoms with van der Waals surface area (Å²) in [6.45, 7) is 1.84. The van der Waals surface area contributed by atoms with Gasteiger partial charge in [-0.25, -0.2) is 0 Å². The molecule has 0 aliphatic rings. The number of para-hydroxylation sites is 1. The second kappa shape index (κ2) is 4.75. The average Bonchev–Trinajstić information content (AvgIpc) is 2.35. The number of hydrogen-bond donors (Lipinski definition) is 3. The van der Waals surface area contributed by atoms with Crippen LogP contribution in [0.5, 0.6) is 11.5 Å². The maximum absolute atomic E-state index is 11.9. The Balaban J connectivity index is 2.22. The summed E-state index contributed by atoms with van der Waals surface area (Å²) in [6.07, 6.45) is 1.52. The number of nitrogens with one attached hydrogen (secondary N) is 1. The van der Waals surface area contributed by atoms with Crippen LogP contribution in [0, 0.1) is 6.92 Å². The Labute approximate surface area is 104 Å². The van der Waals surface area contributed by atoms with Gasteiger partial charge in [0.2, 0.25) is 0 Å². The Morgan fingerprint density at radius 2 is 2.00 bits per heavy atom. The van der Waals surface area contributed by atoms with Crippen molar-refractivity contribution in [1.29, 1.82) is 0 Å². The second-order valence-electron chi connectivity index (χ2n) is 3.82. The molecule has 1 amide bonds. The molecule has 0 radical (unpaired) electrons. The largest absolute Gasteiger partial charge is 0.504 e. The van der Waals surface area contributed by atoms with E-state index >= 15 is 0 Å². The second-order valence-corrected chi connectivity index (χ2v) is 3.82. The molecule has 0 spiro atoms. The first kappa shape index (κ1) is 11.9. The molecule has 0 bridgehead atoms. The Morgan fingerprint density at radius 3 is 2.67 bits per heavy atom. The molecule has 1 aromatic carbocycles. The zero-order chi connectivity index (χ0) is 13.1. The fraction of sp³-hybridized carbons (Fsp3) is 0.0769. The summed E-state index contributed by atoms with van der Waals surface area (Å²) in [5.74, 6) is -1.27.